The van der Waals surface area contributed by atoms with E-state index in [-0.39, 0.29) is 28.6 Å². The van der Waals surface area contributed by atoms with Crippen molar-refractivity contribution < 1.29 is 17.5 Å². The molecular weight excluding hydrogens is 427 g/mol. The predicted molar refractivity (Wildman–Crippen MR) is 123 cm³/mol. The third-order valence-electron chi connectivity index (χ3n) is 6.23. The number of anilines is 2. The average Bonchev–Trinajstić information content (AvgIpc) is 3.29. The Bertz CT molecular complexity index is 1290. The lowest BCUT2D eigenvalue weighted by atomic mass is 9.77. The molecule has 1 heterocycles. The largest absolute Gasteiger partial charge is 0.497 e. The zero-order valence-electron chi connectivity index (χ0n) is 17.5. The van der Waals surface area contributed by atoms with E-state index in [0.717, 1.165) is 17.7 Å². The van der Waals surface area contributed by atoms with Gasteiger partial charge in [0, 0.05) is 22.9 Å². The van der Waals surface area contributed by atoms with Gasteiger partial charge in [0.2, 0.25) is 0 Å². The highest BCUT2D eigenvalue weighted by Gasteiger charge is 2.39. The predicted octanol–water partition coefficient (Wildman–Crippen LogP) is 5.46. The number of methoxy groups -OCH3 is 1. The van der Waals surface area contributed by atoms with E-state index in [9.17, 15) is 12.8 Å². The number of rotatable bonds is 5. The first-order valence-corrected chi connectivity index (χ1v) is 11.9. The Morgan fingerprint density at radius 1 is 1.03 bits per heavy atom. The lowest BCUT2D eigenvalue weighted by Crippen LogP contribution is -2.30. The van der Waals surface area contributed by atoms with Crippen LogP contribution in [0.3, 0.4) is 0 Å². The zero-order chi connectivity index (χ0) is 22.3. The third kappa shape index (κ3) is 3.62. The van der Waals surface area contributed by atoms with E-state index >= 15 is 0 Å². The highest BCUT2D eigenvalue weighted by Crippen LogP contribution is 2.50. The van der Waals surface area contributed by atoms with E-state index in [1.165, 1.54) is 6.07 Å². The van der Waals surface area contributed by atoms with Crippen LogP contribution < -0.4 is 14.8 Å². The first-order valence-electron chi connectivity index (χ1n) is 10.4. The van der Waals surface area contributed by atoms with Gasteiger partial charge in [0.05, 0.1) is 18.0 Å². The first-order chi connectivity index (χ1) is 15.5. The summed E-state index contributed by atoms with van der Waals surface area (Å²) in [7, 11) is -2.21. The fourth-order valence-electron chi connectivity index (χ4n) is 4.65. The summed E-state index contributed by atoms with van der Waals surface area (Å²) in [5.74, 6) is 0.553. The molecule has 0 saturated carbocycles. The Balaban J connectivity index is 1.47. The van der Waals surface area contributed by atoms with Crippen LogP contribution in [-0.2, 0) is 10.0 Å². The number of benzene rings is 3. The highest BCUT2D eigenvalue weighted by atomic mass is 32.2. The maximum atomic E-state index is 14.5. The van der Waals surface area contributed by atoms with Crippen LogP contribution in [0.1, 0.15) is 29.5 Å². The molecule has 2 aliphatic rings. The van der Waals surface area contributed by atoms with Crippen molar-refractivity contribution in [3.05, 3.63) is 95.8 Å². The number of ether oxygens (including phenoxy) is 1. The van der Waals surface area contributed by atoms with Gasteiger partial charge >= 0.3 is 0 Å². The van der Waals surface area contributed by atoms with Crippen LogP contribution in [-0.4, -0.2) is 15.5 Å². The van der Waals surface area contributed by atoms with Crippen LogP contribution in [0, 0.1) is 11.7 Å². The fraction of sp³-hybridized carbons (Fsp3) is 0.200. The second kappa shape index (κ2) is 7.98. The smallest absolute Gasteiger partial charge is 0.261 e. The Morgan fingerprint density at radius 2 is 1.81 bits per heavy atom. The molecule has 0 unspecified atom stereocenters. The van der Waals surface area contributed by atoms with Gasteiger partial charge in [-0.05, 0) is 66.4 Å². The molecule has 5 rings (SSSR count). The van der Waals surface area contributed by atoms with Gasteiger partial charge in [-0.3, -0.25) is 4.72 Å². The summed E-state index contributed by atoms with van der Waals surface area (Å²) in [5.41, 5.74) is 2.83. The van der Waals surface area contributed by atoms with Gasteiger partial charge in [-0.25, -0.2) is 12.8 Å². The van der Waals surface area contributed by atoms with Crippen molar-refractivity contribution in [1.29, 1.82) is 0 Å². The molecule has 3 atom stereocenters. The minimum atomic E-state index is -3.77. The van der Waals surface area contributed by atoms with Gasteiger partial charge in [0.25, 0.3) is 10.0 Å². The molecule has 164 valence electrons. The van der Waals surface area contributed by atoms with Crippen LogP contribution in [0.15, 0.2) is 83.8 Å². The van der Waals surface area contributed by atoms with Gasteiger partial charge in [-0.15, -0.1) is 0 Å². The van der Waals surface area contributed by atoms with E-state index in [0.29, 0.717) is 17.0 Å². The van der Waals surface area contributed by atoms with E-state index in [1.807, 2.05) is 12.1 Å². The summed E-state index contributed by atoms with van der Waals surface area (Å²) in [6, 6.07) is 18.4. The van der Waals surface area contributed by atoms with Crippen molar-refractivity contribution in [1.82, 2.24) is 0 Å². The third-order valence-corrected chi connectivity index (χ3v) is 7.61. The van der Waals surface area contributed by atoms with Crippen molar-refractivity contribution in [2.24, 2.45) is 5.92 Å². The number of hydrogen-bond acceptors (Lipinski definition) is 4. The quantitative estimate of drug-likeness (QED) is 0.507. The van der Waals surface area contributed by atoms with Crippen molar-refractivity contribution in [2.75, 3.05) is 17.1 Å². The maximum absolute atomic E-state index is 14.5. The van der Waals surface area contributed by atoms with Gasteiger partial charge in [-0.2, -0.15) is 0 Å². The number of hydrogen-bond donors (Lipinski definition) is 2. The molecule has 1 aliphatic carbocycles. The second-order valence-electron chi connectivity index (χ2n) is 8.08. The summed E-state index contributed by atoms with van der Waals surface area (Å²) in [4.78, 5) is 0.192. The van der Waals surface area contributed by atoms with Gasteiger partial charge in [0.15, 0.2) is 0 Å². The molecule has 0 aromatic heterocycles. The van der Waals surface area contributed by atoms with E-state index in [4.69, 9.17) is 4.74 Å². The molecule has 0 bridgehead atoms. The highest BCUT2D eigenvalue weighted by molar-refractivity contribution is 7.92. The minimum Gasteiger partial charge on any atom is -0.497 e. The standard InChI is InChI=1S/C25H23FN2O3S/c1-31-17-11-9-16(10-12-17)28-32(29,30)18-13-14-24-22(15-18)19-6-4-7-20(19)25(27-24)21-5-2-3-8-23(21)26/h2-6,8-15,19-20,25,27-28H,7H2,1H3/t19-,20+,25-/m0/s1. The van der Waals surface area contributed by atoms with Crippen LogP contribution in [0.5, 0.6) is 5.75 Å². The molecule has 32 heavy (non-hydrogen) atoms. The molecule has 0 radical (unpaired) electrons. The average molecular weight is 451 g/mol. The fourth-order valence-corrected chi connectivity index (χ4v) is 5.74. The van der Waals surface area contributed by atoms with Crippen molar-refractivity contribution in [2.45, 2.75) is 23.3 Å². The van der Waals surface area contributed by atoms with Crippen LogP contribution >= 0.6 is 0 Å². The van der Waals surface area contributed by atoms with Crippen LogP contribution in [0.4, 0.5) is 15.8 Å². The molecule has 7 heteroatoms. The molecule has 1 aliphatic heterocycles. The molecule has 2 N–H and O–H groups in total. The Morgan fingerprint density at radius 3 is 2.56 bits per heavy atom. The van der Waals surface area contributed by atoms with Crippen LogP contribution in [0.25, 0.3) is 0 Å². The Hall–Kier alpha value is -3.32. The molecule has 0 amide bonds. The molecule has 0 spiro atoms. The zero-order valence-corrected chi connectivity index (χ0v) is 18.3. The minimum absolute atomic E-state index is 0.0204. The number of nitrogens with one attached hydrogen (secondary N) is 2. The normalized spacial score (nSPS) is 21.4. The number of sulfonamides is 1. The van der Waals surface area contributed by atoms with Crippen molar-refractivity contribution in [3.8, 4) is 5.75 Å². The monoisotopic (exact) mass is 450 g/mol. The number of halogens is 1. The van der Waals surface area contributed by atoms with Gasteiger partial charge in [-0.1, -0.05) is 30.4 Å². The SMILES string of the molecule is COc1ccc(NS(=O)(=O)c2ccc3c(c2)[C@H]2C=CC[C@H]2[C@@H](c2ccccc2F)N3)cc1. The molecular formula is C25H23FN2O3S. The Kier molecular flexibility index (Phi) is 5.13. The number of fused-ring (bicyclic) bond motifs is 3. The van der Waals surface area contributed by atoms with Crippen LogP contribution in [0.2, 0.25) is 0 Å². The topological polar surface area (TPSA) is 67.4 Å². The summed E-state index contributed by atoms with van der Waals surface area (Å²) < 4.78 is 48.3. The molecule has 0 saturated heterocycles. The lowest BCUT2D eigenvalue weighted by Gasteiger charge is -2.37. The molecule has 5 nitrogen and oxygen atoms in total. The molecule has 3 aromatic carbocycles. The first kappa shape index (κ1) is 20.6. The van der Waals surface area contributed by atoms with Crippen molar-refractivity contribution in [3.63, 3.8) is 0 Å². The maximum Gasteiger partial charge on any atom is 0.261 e. The number of allylic oxidation sites excluding steroid dienone is 2. The Labute approximate surface area is 187 Å². The van der Waals surface area contributed by atoms with E-state index in [1.54, 1.807) is 55.6 Å². The molecule has 0 fully saturated rings. The van der Waals surface area contributed by atoms with E-state index in [2.05, 4.69) is 22.2 Å². The van der Waals surface area contributed by atoms with Gasteiger partial charge < -0.3 is 10.1 Å². The summed E-state index contributed by atoms with van der Waals surface area (Å²) >= 11 is 0. The second-order valence-corrected chi connectivity index (χ2v) is 9.76. The lowest BCUT2D eigenvalue weighted by molar-refractivity contribution is 0.413. The summed E-state index contributed by atoms with van der Waals surface area (Å²) in [5, 5.41) is 3.46. The van der Waals surface area contributed by atoms with Gasteiger partial charge in [0.1, 0.15) is 11.6 Å². The molecule has 3 aromatic rings. The summed E-state index contributed by atoms with van der Waals surface area (Å²) in [6.07, 6.45) is 5.00. The van der Waals surface area contributed by atoms with E-state index < -0.39 is 10.0 Å². The van der Waals surface area contributed by atoms with Crippen molar-refractivity contribution >= 4 is 21.4 Å². The summed E-state index contributed by atoms with van der Waals surface area (Å²) in [6.45, 7) is 0.